The number of unbranched alkanes of at least 4 members (excludes halogenated alkanes) is 37. The molecule has 0 bridgehead atoms. The monoisotopic (exact) mass is 1050 g/mol. The number of amides is 1. The van der Waals surface area contributed by atoms with Gasteiger partial charge >= 0.3 is 13.8 Å². The lowest BCUT2D eigenvalue weighted by Crippen LogP contribution is -2.47. The van der Waals surface area contributed by atoms with E-state index in [1.165, 1.54) is 205 Å². The average Bonchev–Trinajstić information content (AvgIpc) is 3.35. The van der Waals surface area contributed by atoms with Gasteiger partial charge in [-0.1, -0.05) is 263 Å². The number of hydrogen-bond donors (Lipinski definition) is 2. The number of nitrogens with zero attached hydrogens (tertiary/aromatic N) is 1. The SMILES string of the molecule is CCCCC/C=C\C/C=C\CCCCCCCCCCCC(=O)NC(COP(=O)(O)OCC[N+](C)(C)C)C(/C=C/CCCCCCCCCCCCC)OC(=O)CCCCCCCCCCCCCCCCC. The smallest absolute Gasteiger partial charge is 0.456 e. The number of carbonyl (C=O) groups excluding carboxylic acids is 2. The van der Waals surface area contributed by atoms with E-state index < -0.39 is 20.0 Å². The van der Waals surface area contributed by atoms with Gasteiger partial charge in [-0.3, -0.25) is 18.6 Å². The highest BCUT2D eigenvalue weighted by Gasteiger charge is 2.30. The summed E-state index contributed by atoms with van der Waals surface area (Å²) < 4.78 is 30.7. The van der Waals surface area contributed by atoms with Crippen molar-refractivity contribution < 1.29 is 37.3 Å². The Kier molecular flexibility index (Phi) is 52.3. The van der Waals surface area contributed by atoms with Crippen LogP contribution in [0.1, 0.15) is 303 Å². The predicted octanol–water partition coefficient (Wildman–Crippen LogP) is 19.1. The van der Waals surface area contributed by atoms with E-state index in [1.807, 2.05) is 33.3 Å². The molecular weight excluding hydrogens is 928 g/mol. The Bertz CT molecular complexity index is 1350. The van der Waals surface area contributed by atoms with Gasteiger partial charge in [-0.25, -0.2) is 4.57 Å². The summed E-state index contributed by atoms with van der Waals surface area (Å²) >= 11 is 0. The maximum Gasteiger partial charge on any atom is 0.472 e. The second kappa shape index (κ2) is 53.6. The fourth-order valence-corrected chi connectivity index (χ4v) is 9.94. The van der Waals surface area contributed by atoms with E-state index in [9.17, 15) is 19.0 Å². The third kappa shape index (κ3) is 54.8. The number of nitrogens with one attached hydrogen (secondary N) is 1. The van der Waals surface area contributed by atoms with E-state index in [-0.39, 0.29) is 25.1 Å². The number of phosphoric ester groups is 1. The van der Waals surface area contributed by atoms with Crippen LogP contribution in [0.4, 0.5) is 0 Å². The molecule has 0 fully saturated rings. The van der Waals surface area contributed by atoms with Crippen molar-refractivity contribution in [1.82, 2.24) is 5.32 Å². The molecule has 0 radical (unpaired) electrons. The lowest BCUT2D eigenvalue weighted by Gasteiger charge is -2.27. The molecule has 0 spiro atoms. The molecule has 0 heterocycles. The van der Waals surface area contributed by atoms with Crippen LogP contribution >= 0.6 is 7.82 Å². The van der Waals surface area contributed by atoms with Gasteiger partial charge in [0.05, 0.1) is 33.8 Å². The minimum atomic E-state index is -4.44. The van der Waals surface area contributed by atoms with Crippen LogP contribution in [0.15, 0.2) is 36.5 Å². The summed E-state index contributed by atoms with van der Waals surface area (Å²) in [6, 6.07) is -0.846. The zero-order valence-corrected chi connectivity index (χ0v) is 50.0. The van der Waals surface area contributed by atoms with Crippen LogP contribution in [0, 0.1) is 0 Å². The van der Waals surface area contributed by atoms with Crippen molar-refractivity contribution in [3.8, 4) is 0 Å². The molecule has 0 rings (SSSR count). The molecule has 10 heteroatoms. The summed E-state index contributed by atoms with van der Waals surface area (Å²) in [7, 11) is 1.50. The largest absolute Gasteiger partial charge is 0.472 e. The Morgan fingerprint density at radius 1 is 0.479 bits per heavy atom. The lowest BCUT2D eigenvalue weighted by atomic mass is 10.0. The zero-order chi connectivity index (χ0) is 53.6. The van der Waals surface area contributed by atoms with Gasteiger partial charge in [0.15, 0.2) is 0 Å². The first-order valence-corrected chi connectivity index (χ1v) is 32.8. The molecule has 3 unspecified atom stereocenters. The molecule has 0 aromatic rings. The molecule has 1 amide bonds. The Balaban J connectivity index is 5.26. The highest BCUT2D eigenvalue weighted by atomic mass is 31.2. The number of carbonyl (C=O) groups is 2. The van der Waals surface area contributed by atoms with Crippen molar-refractivity contribution in [3.05, 3.63) is 36.5 Å². The lowest BCUT2D eigenvalue weighted by molar-refractivity contribution is -0.870. The first-order chi connectivity index (χ1) is 35.4. The molecule has 430 valence electrons. The first-order valence-electron chi connectivity index (χ1n) is 31.3. The molecule has 0 aromatic heterocycles. The van der Waals surface area contributed by atoms with Crippen LogP contribution in [-0.2, 0) is 27.9 Å². The van der Waals surface area contributed by atoms with Gasteiger partial charge in [-0.2, -0.15) is 0 Å². The Morgan fingerprint density at radius 2 is 0.836 bits per heavy atom. The van der Waals surface area contributed by atoms with Gasteiger partial charge in [0.25, 0.3) is 0 Å². The van der Waals surface area contributed by atoms with Crippen LogP contribution in [0.5, 0.6) is 0 Å². The third-order valence-electron chi connectivity index (χ3n) is 14.1. The Morgan fingerprint density at radius 3 is 1.26 bits per heavy atom. The minimum Gasteiger partial charge on any atom is -0.456 e. The van der Waals surface area contributed by atoms with Crippen LogP contribution in [-0.4, -0.2) is 74.3 Å². The second-order valence-corrected chi connectivity index (χ2v) is 24.0. The van der Waals surface area contributed by atoms with Crippen LogP contribution < -0.4 is 5.32 Å². The highest BCUT2D eigenvalue weighted by Crippen LogP contribution is 2.43. The summed E-state index contributed by atoms with van der Waals surface area (Å²) in [5.41, 5.74) is 0. The summed E-state index contributed by atoms with van der Waals surface area (Å²) in [5.74, 6) is -0.496. The van der Waals surface area contributed by atoms with E-state index in [4.69, 9.17) is 13.8 Å². The molecule has 9 nitrogen and oxygen atoms in total. The Hall–Kier alpha value is -1.77. The average molecular weight is 1050 g/mol. The highest BCUT2D eigenvalue weighted by molar-refractivity contribution is 7.47. The maximum absolute atomic E-state index is 13.5. The van der Waals surface area contributed by atoms with Gasteiger partial charge < -0.3 is 19.4 Å². The van der Waals surface area contributed by atoms with Gasteiger partial charge in [-0.15, -0.1) is 0 Å². The van der Waals surface area contributed by atoms with Crippen molar-refractivity contribution >= 4 is 19.7 Å². The molecule has 0 aliphatic carbocycles. The molecule has 73 heavy (non-hydrogen) atoms. The second-order valence-electron chi connectivity index (χ2n) is 22.6. The quantitative estimate of drug-likeness (QED) is 0.0205. The number of likely N-dealkylation sites (N-methyl/N-ethyl adjacent to an activating group) is 1. The number of ether oxygens (including phenoxy) is 1. The number of allylic oxidation sites excluding steroid dienone is 5. The molecular formula is C63H122N2O7P+. The number of hydrogen-bond acceptors (Lipinski definition) is 6. The fourth-order valence-electron chi connectivity index (χ4n) is 9.21. The Labute approximate surface area is 453 Å². The van der Waals surface area contributed by atoms with Crippen LogP contribution in [0.2, 0.25) is 0 Å². The number of phosphoric acid groups is 1. The summed E-state index contributed by atoms with van der Waals surface area (Å²) in [6.45, 7) is 7.02. The van der Waals surface area contributed by atoms with Crippen molar-refractivity contribution in [1.29, 1.82) is 0 Å². The topological polar surface area (TPSA) is 111 Å². The first kappa shape index (κ1) is 71.2. The predicted molar refractivity (Wildman–Crippen MR) is 314 cm³/mol. The van der Waals surface area contributed by atoms with Crippen LogP contribution in [0.3, 0.4) is 0 Å². The van der Waals surface area contributed by atoms with E-state index in [2.05, 4.69) is 50.4 Å². The molecule has 3 atom stereocenters. The molecule has 0 saturated carbocycles. The number of esters is 1. The van der Waals surface area contributed by atoms with Gasteiger partial charge in [0.1, 0.15) is 19.3 Å². The van der Waals surface area contributed by atoms with Gasteiger partial charge in [0, 0.05) is 12.8 Å². The van der Waals surface area contributed by atoms with E-state index >= 15 is 0 Å². The molecule has 0 saturated heterocycles. The van der Waals surface area contributed by atoms with Crippen molar-refractivity contribution in [2.75, 3.05) is 40.9 Å². The molecule has 0 aliphatic rings. The van der Waals surface area contributed by atoms with E-state index in [1.54, 1.807) is 0 Å². The number of quaternary nitrogens is 1. The number of rotatable bonds is 57. The van der Waals surface area contributed by atoms with Crippen molar-refractivity contribution in [2.45, 2.75) is 315 Å². The molecule has 2 N–H and O–H groups in total. The van der Waals surface area contributed by atoms with Crippen molar-refractivity contribution in [3.63, 3.8) is 0 Å². The summed E-state index contributed by atoms with van der Waals surface area (Å²) in [5, 5.41) is 3.06. The molecule has 0 aromatic carbocycles. The normalized spacial score (nSPS) is 13.9. The van der Waals surface area contributed by atoms with E-state index in [0.717, 1.165) is 64.2 Å². The summed E-state index contributed by atoms with van der Waals surface area (Å²) in [6.07, 6.45) is 64.1. The summed E-state index contributed by atoms with van der Waals surface area (Å²) in [4.78, 5) is 37.7. The van der Waals surface area contributed by atoms with Gasteiger partial charge in [-0.05, 0) is 63.9 Å². The standard InChI is InChI=1S/C63H121N2O7P/c1-7-10-13-16-19-22-25-28-30-31-32-33-35-37-40-43-46-49-52-55-62(66)64-60(59-71-73(68,69)70-58-57-65(4,5)6)61(54-51-48-45-42-39-36-27-24-21-18-15-12-9-3)72-63(67)56-53-50-47-44-41-38-34-29-26-23-20-17-14-11-8-2/h19,22,28,30,51,54,60-61H,7-18,20-21,23-27,29,31-50,52-53,55-59H2,1-6H3,(H-,64,66,68,69)/p+1/b22-19-,30-28-,54-51+. The van der Waals surface area contributed by atoms with Gasteiger partial charge in [0.2, 0.25) is 5.91 Å². The van der Waals surface area contributed by atoms with Crippen LogP contribution in [0.25, 0.3) is 0 Å². The van der Waals surface area contributed by atoms with E-state index in [0.29, 0.717) is 23.9 Å². The minimum absolute atomic E-state index is 0.0417. The maximum atomic E-state index is 13.5. The molecule has 0 aliphatic heterocycles. The zero-order valence-electron chi connectivity index (χ0n) is 49.1. The third-order valence-corrected chi connectivity index (χ3v) is 15.1. The fraction of sp³-hybridized carbons (Fsp3) is 0.873. The van der Waals surface area contributed by atoms with Crippen molar-refractivity contribution in [2.24, 2.45) is 0 Å².